The van der Waals surface area contributed by atoms with Crippen LogP contribution in [0.15, 0.2) is 21.2 Å². The van der Waals surface area contributed by atoms with Crippen molar-refractivity contribution in [2.45, 2.75) is 19.4 Å². The fourth-order valence-electron chi connectivity index (χ4n) is 1.83. The normalized spacial score (nSPS) is 21.9. The molecule has 3 nitrogen and oxygen atoms in total. The monoisotopic (exact) mass is 348 g/mol. The van der Waals surface area contributed by atoms with E-state index < -0.39 is 0 Å². The minimum Gasteiger partial charge on any atom is -0.377 e. The van der Waals surface area contributed by atoms with E-state index in [9.17, 15) is 0 Å². The second-order valence-corrected chi connectivity index (χ2v) is 5.71. The number of hydrogen-bond acceptors (Lipinski definition) is 3. The highest BCUT2D eigenvalue weighted by Crippen LogP contribution is 2.27. The van der Waals surface area contributed by atoms with E-state index in [1.54, 1.807) is 0 Å². The van der Waals surface area contributed by atoms with Gasteiger partial charge in [0, 0.05) is 30.4 Å². The van der Waals surface area contributed by atoms with Gasteiger partial charge in [0.2, 0.25) is 0 Å². The average Bonchev–Trinajstić information content (AvgIpc) is 2.43. The van der Waals surface area contributed by atoms with E-state index in [4.69, 9.17) is 4.74 Å². The molecule has 0 radical (unpaired) electrons. The summed E-state index contributed by atoms with van der Waals surface area (Å²) in [5.74, 6) is 1.00. The predicted octanol–water partition coefficient (Wildman–Crippen LogP) is 3.22. The molecule has 0 aliphatic carbocycles. The van der Waals surface area contributed by atoms with Gasteiger partial charge in [-0.25, -0.2) is 4.98 Å². The summed E-state index contributed by atoms with van der Waals surface area (Å²) in [5.41, 5.74) is 0. The van der Waals surface area contributed by atoms with E-state index >= 15 is 0 Å². The largest absolute Gasteiger partial charge is 0.377 e. The first-order chi connectivity index (χ1) is 7.66. The van der Waals surface area contributed by atoms with E-state index in [1.807, 2.05) is 12.3 Å². The van der Waals surface area contributed by atoms with E-state index in [1.165, 1.54) is 0 Å². The minimum absolute atomic E-state index is 0.264. The summed E-state index contributed by atoms with van der Waals surface area (Å²) in [6, 6.07) is 2.03. The van der Waals surface area contributed by atoms with Crippen molar-refractivity contribution < 1.29 is 4.74 Å². The summed E-state index contributed by atoms with van der Waals surface area (Å²) in [7, 11) is 0. The van der Waals surface area contributed by atoms with Gasteiger partial charge < -0.3 is 9.64 Å². The molecule has 1 aromatic heterocycles. The number of pyridine rings is 1. The summed E-state index contributed by atoms with van der Waals surface area (Å²) < 4.78 is 7.64. The van der Waals surface area contributed by atoms with Gasteiger partial charge in [0.05, 0.1) is 10.6 Å². The SMILES string of the molecule is CC1CN(c2ncc(Br)cc2Br)CCCO1. The molecule has 0 amide bonds. The number of halogens is 2. The second kappa shape index (κ2) is 5.47. The number of ether oxygens (including phenoxy) is 1. The Labute approximate surface area is 112 Å². The Morgan fingerprint density at radius 3 is 3.06 bits per heavy atom. The molecule has 1 aliphatic rings. The maximum absolute atomic E-state index is 5.62. The van der Waals surface area contributed by atoms with Crippen molar-refractivity contribution in [1.29, 1.82) is 0 Å². The fourth-order valence-corrected chi connectivity index (χ4v) is 3.06. The minimum atomic E-state index is 0.264. The Morgan fingerprint density at radius 1 is 1.50 bits per heavy atom. The van der Waals surface area contributed by atoms with Crippen molar-refractivity contribution in [3.63, 3.8) is 0 Å². The molecular weight excluding hydrogens is 336 g/mol. The molecule has 0 N–H and O–H groups in total. The summed E-state index contributed by atoms with van der Waals surface area (Å²) in [4.78, 5) is 6.73. The van der Waals surface area contributed by atoms with Crippen LogP contribution in [0.4, 0.5) is 5.82 Å². The predicted molar refractivity (Wildman–Crippen MR) is 71.9 cm³/mol. The quantitative estimate of drug-likeness (QED) is 0.778. The lowest BCUT2D eigenvalue weighted by Crippen LogP contribution is -2.31. The second-order valence-electron chi connectivity index (χ2n) is 3.94. The maximum atomic E-state index is 5.62. The van der Waals surface area contributed by atoms with Crippen LogP contribution in [-0.2, 0) is 4.74 Å². The van der Waals surface area contributed by atoms with Crippen molar-refractivity contribution in [2.24, 2.45) is 0 Å². The average molecular weight is 350 g/mol. The Hall–Kier alpha value is -0.130. The first-order valence-corrected chi connectivity index (χ1v) is 6.93. The van der Waals surface area contributed by atoms with Crippen LogP contribution in [0.5, 0.6) is 0 Å². The van der Waals surface area contributed by atoms with Crippen LogP contribution in [-0.4, -0.2) is 30.8 Å². The molecule has 1 aromatic rings. The zero-order valence-electron chi connectivity index (χ0n) is 9.12. The van der Waals surface area contributed by atoms with Crippen molar-refractivity contribution in [3.8, 4) is 0 Å². The Bertz CT molecular complexity index is 373. The lowest BCUT2D eigenvalue weighted by atomic mass is 10.3. The van der Waals surface area contributed by atoms with Crippen molar-refractivity contribution >= 4 is 37.7 Å². The van der Waals surface area contributed by atoms with Gasteiger partial charge in [-0.3, -0.25) is 0 Å². The van der Waals surface area contributed by atoms with Crippen LogP contribution in [0.2, 0.25) is 0 Å². The van der Waals surface area contributed by atoms with E-state index in [0.29, 0.717) is 0 Å². The molecule has 0 aromatic carbocycles. The summed E-state index contributed by atoms with van der Waals surface area (Å²) in [6.07, 6.45) is 3.14. The van der Waals surface area contributed by atoms with E-state index in [0.717, 1.165) is 40.9 Å². The Kier molecular flexibility index (Phi) is 4.21. The van der Waals surface area contributed by atoms with Crippen molar-refractivity contribution in [2.75, 3.05) is 24.6 Å². The molecule has 1 aliphatic heterocycles. The lowest BCUT2D eigenvalue weighted by Gasteiger charge is -2.24. The van der Waals surface area contributed by atoms with Gasteiger partial charge in [0.15, 0.2) is 0 Å². The van der Waals surface area contributed by atoms with Crippen LogP contribution < -0.4 is 4.90 Å². The van der Waals surface area contributed by atoms with Crippen LogP contribution >= 0.6 is 31.9 Å². The van der Waals surface area contributed by atoms with Crippen LogP contribution in [0, 0.1) is 0 Å². The highest BCUT2D eigenvalue weighted by Gasteiger charge is 2.18. The zero-order valence-corrected chi connectivity index (χ0v) is 12.3. The van der Waals surface area contributed by atoms with Gasteiger partial charge in [-0.1, -0.05) is 0 Å². The maximum Gasteiger partial charge on any atom is 0.143 e. The lowest BCUT2D eigenvalue weighted by molar-refractivity contribution is 0.0820. The first kappa shape index (κ1) is 12.3. The molecule has 1 unspecified atom stereocenters. The molecule has 0 bridgehead atoms. The molecule has 1 saturated heterocycles. The number of anilines is 1. The third kappa shape index (κ3) is 2.96. The molecule has 16 heavy (non-hydrogen) atoms. The number of aromatic nitrogens is 1. The highest BCUT2D eigenvalue weighted by molar-refractivity contribution is 9.11. The van der Waals surface area contributed by atoms with Crippen LogP contribution in [0.3, 0.4) is 0 Å². The highest BCUT2D eigenvalue weighted by atomic mass is 79.9. The van der Waals surface area contributed by atoms with Crippen LogP contribution in [0.25, 0.3) is 0 Å². The number of hydrogen-bond donors (Lipinski definition) is 0. The van der Waals surface area contributed by atoms with Gasteiger partial charge in [-0.05, 0) is 51.3 Å². The van der Waals surface area contributed by atoms with Crippen molar-refractivity contribution in [3.05, 3.63) is 21.2 Å². The van der Waals surface area contributed by atoms with E-state index in [2.05, 4.69) is 48.7 Å². The standard InChI is InChI=1S/C11H14Br2N2O/c1-8-7-15(3-2-4-16-8)11-10(13)5-9(12)6-14-11/h5-6,8H,2-4,7H2,1H3. The first-order valence-electron chi connectivity index (χ1n) is 5.34. The summed E-state index contributed by atoms with van der Waals surface area (Å²) >= 11 is 6.96. The molecule has 1 atom stereocenters. The molecule has 0 saturated carbocycles. The fraction of sp³-hybridized carbons (Fsp3) is 0.545. The zero-order chi connectivity index (χ0) is 11.5. The number of nitrogens with zero attached hydrogens (tertiary/aromatic N) is 2. The van der Waals surface area contributed by atoms with Crippen molar-refractivity contribution in [1.82, 2.24) is 4.98 Å². The van der Waals surface area contributed by atoms with Gasteiger partial charge in [0.25, 0.3) is 0 Å². The summed E-state index contributed by atoms with van der Waals surface area (Å²) in [6.45, 7) is 4.84. The molecule has 2 rings (SSSR count). The smallest absolute Gasteiger partial charge is 0.143 e. The molecule has 1 fully saturated rings. The molecule has 2 heterocycles. The van der Waals surface area contributed by atoms with E-state index in [-0.39, 0.29) is 6.10 Å². The molecule has 5 heteroatoms. The van der Waals surface area contributed by atoms with Crippen LogP contribution in [0.1, 0.15) is 13.3 Å². The van der Waals surface area contributed by atoms with Gasteiger partial charge in [-0.15, -0.1) is 0 Å². The Balaban J connectivity index is 2.21. The molecular formula is C11H14Br2N2O. The van der Waals surface area contributed by atoms with Gasteiger partial charge in [0.1, 0.15) is 5.82 Å². The molecule has 0 spiro atoms. The van der Waals surface area contributed by atoms with Gasteiger partial charge in [-0.2, -0.15) is 0 Å². The number of rotatable bonds is 1. The summed E-state index contributed by atoms with van der Waals surface area (Å²) in [5, 5.41) is 0. The third-order valence-corrected chi connectivity index (χ3v) is 3.56. The Morgan fingerprint density at radius 2 is 2.31 bits per heavy atom. The van der Waals surface area contributed by atoms with Gasteiger partial charge >= 0.3 is 0 Å². The third-order valence-electron chi connectivity index (χ3n) is 2.54. The molecule has 88 valence electrons. The topological polar surface area (TPSA) is 25.4 Å².